The molecule has 0 radical (unpaired) electrons. The van der Waals surface area contributed by atoms with Gasteiger partial charge in [0.15, 0.2) is 0 Å². The lowest BCUT2D eigenvalue weighted by molar-refractivity contribution is -0.151. The van der Waals surface area contributed by atoms with E-state index in [0.29, 0.717) is 51.4 Å². The van der Waals surface area contributed by atoms with Crippen molar-refractivity contribution in [2.75, 3.05) is 66.1 Å². The molecule has 0 aliphatic carbocycles. The summed E-state index contributed by atoms with van der Waals surface area (Å²) in [5, 5.41) is 17.2. The van der Waals surface area contributed by atoms with Gasteiger partial charge in [-0.1, -0.05) is 0 Å². The number of aliphatic hydroxyl groups excluding tert-OH is 2. The van der Waals surface area contributed by atoms with E-state index in [0.717, 1.165) is 0 Å². The van der Waals surface area contributed by atoms with Crippen LogP contribution in [0.5, 0.6) is 0 Å². The summed E-state index contributed by atoms with van der Waals surface area (Å²) in [5.74, 6) is -4.39. The van der Waals surface area contributed by atoms with Crippen molar-refractivity contribution < 1.29 is 86.5 Å². The van der Waals surface area contributed by atoms with Gasteiger partial charge in [-0.15, -0.1) is 0 Å². The van der Waals surface area contributed by atoms with Crippen LogP contribution in [0.2, 0.25) is 0 Å². The van der Waals surface area contributed by atoms with Crippen molar-refractivity contribution in [1.29, 1.82) is 0 Å². The van der Waals surface area contributed by atoms with Crippen LogP contribution in [0.1, 0.15) is 103 Å². The van der Waals surface area contributed by atoms with E-state index in [2.05, 4.69) is 0 Å². The van der Waals surface area contributed by atoms with Crippen LogP contribution in [-0.4, -0.2) is 124 Å². The van der Waals surface area contributed by atoms with Crippen molar-refractivity contribution in [3.63, 3.8) is 0 Å². The average Bonchev–Trinajstić information content (AvgIpc) is 3.11. The predicted octanol–water partition coefficient (Wildman–Crippen LogP) is 1.56. The third-order valence-electron chi connectivity index (χ3n) is 6.49. The van der Waals surface area contributed by atoms with E-state index < -0.39 is 47.8 Å². The number of hydrogen-bond donors (Lipinski definition) is 2. The highest BCUT2D eigenvalue weighted by Gasteiger charge is 2.12. The van der Waals surface area contributed by atoms with Crippen molar-refractivity contribution in [3.8, 4) is 0 Å². The number of esters is 8. The van der Waals surface area contributed by atoms with Gasteiger partial charge in [-0.3, -0.25) is 38.4 Å². The van der Waals surface area contributed by atoms with Crippen molar-refractivity contribution in [1.82, 2.24) is 0 Å². The number of carbonyl (C=O) groups is 8. The third kappa shape index (κ3) is 32.9. The zero-order chi connectivity index (χ0) is 38.7. The quantitative estimate of drug-likeness (QED) is 0.0548. The highest BCUT2D eigenvalue weighted by Crippen LogP contribution is 2.04. The van der Waals surface area contributed by atoms with Crippen LogP contribution in [0.4, 0.5) is 0 Å². The molecule has 0 amide bonds. The molecular formula is C34H54O18. The molecule has 0 fully saturated rings. The lowest BCUT2D eigenvalue weighted by Gasteiger charge is -2.08. The Morgan fingerprint density at radius 3 is 0.519 bits per heavy atom. The Balaban J connectivity index is 3.61. The summed E-state index contributed by atoms with van der Waals surface area (Å²) >= 11 is 0. The van der Waals surface area contributed by atoms with Crippen molar-refractivity contribution >= 4 is 47.8 Å². The summed E-state index contributed by atoms with van der Waals surface area (Å²) in [6.45, 7) is 0.330. The van der Waals surface area contributed by atoms with Crippen LogP contribution in [0, 0.1) is 0 Å². The number of ether oxygens (including phenoxy) is 8. The molecule has 0 heterocycles. The second kappa shape index (κ2) is 33.8. The summed E-state index contributed by atoms with van der Waals surface area (Å²) in [6, 6.07) is 0. The second-order valence-electron chi connectivity index (χ2n) is 11.0. The zero-order valence-electron chi connectivity index (χ0n) is 29.8. The SMILES string of the molecule is O=C(CCO)OCCCCOC(=O)CCC(=O)OCCCCOC(=O)CCC(=O)OCCCCOC(=O)CCC(=O)OCCCCOC(=O)CCO. The van der Waals surface area contributed by atoms with Gasteiger partial charge in [0.25, 0.3) is 0 Å². The molecule has 0 rings (SSSR count). The van der Waals surface area contributed by atoms with Gasteiger partial charge in [0.2, 0.25) is 0 Å². The number of carbonyl (C=O) groups excluding carboxylic acids is 8. The summed E-state index contributed by atoms with van der Waals surface area (Å²) < 4.78 is 39.8. The van der Waals surface area contributed by atoms with Gasteiger partial charge in [0.1, 0.15) is 0 Å². The van der Waals surface area contributed by atoms with E-state index >= 15 is 0 Å². The van der Waals surface area contributed by atoms with E-state index in [-0.39, 0.29) is 117 Å². The van der Waals surface area contributed by atoms with Crippen LogP contribution in [0.15, 0.2) is 0 Å². The minimum atomic E-state index is -0.580. The monoisotopic (exact) mass is 750 g/mol. The second-order valence-corrected chi connectivity index (χ2v) is 11.0. The molecule has 0 aromatic heterocycles. The molecule has 0 spiro atoms. The fourth-order valence-electron chi connectivity index (χ4n) is 3.68. The molecule has 0 saturated carbocycles. The van der Waals surface area contributed by atoms with Crippen LogP contribution < -0.4 is 0 Å². The number of hydrogen-bond acceptors (Lipinski definition) is 18. The van der Waals surface area contributed by atoms with Crippen molar-refractivity contribution in [3.05, 3.63) is 0 Å². The molecule has 0 bridgehead atoms. The molecule has 0 unspecified atom stereocenters. The molecule has 298 valence electrons. The molecule has 0 aromatic rings. The van der Waals surface area contributed by atoms with E-state index in [4.69, 9.17) is 48.1 Å². The highest BCUT2D eigenvalue weighted by atomic mass is 16.6. The smallest absolute Gasteiger partial charge is 0.308 e. The Bertz CT molecular complexity index is 977. The number of aliphatic hydroxyl groups is 2. The fraction of sp³-hybridized carbons (Fsp3) is 0.765. The van der Waals surface area contributed by atoms with Gasteiger partial charge in [-0.05, 0) is 51.4 Å². The first kappa shape index (κ1) is 47.7. The highest BCUT2D eigenvalue weighted by molar-refractivity contribution is 5.78. The molecule has 0 aliphatic rings. The Morgan fingerprint density at radius 1 is 0.250 bits per heavy atom. The standard InChI is InChI=1S/C34H54O18/c35-17-15-33(43)51-25-7-5-23-49-31(41)13-11-29(39)47-21-3-1-19-45-27(37)9-10-28(38)46-20-2-4-22-48-30(40)12-14-32(42)50-24-6-8-26-52-34(44)16-18-36/h35-36H,1-26H2. The minimum absolute atomic E-state index is 0.0671. The zero-order valence-corrected chi connectivity index (χ0v) is 29.8. The fourth-order valence-corrected chi connectivity index (χ4v) is 3.68. The van der Waals surface area contributed by atoms with Gasteiger partial charge in [0, 0.05) is 0 Å². The van der Waals surface area contributed by atoms with Crippen LogP contribution in [0.3, 0.4) is 0 Å². The van der Waals surface area contributed by atoms with Crippen LogP contribution >= 0.6 is 0 Å². The van der Waals surface area contributed by atoms with Gasteiger partial charge >= 0.3 is 47.8 Å². The third-order valence-corrected chi connectivity index (χ3v) is 6.49. The maximum Gasteiger partial charge on any atom is 0.308 e. The van der Waals surface area contributed by atoms with Crippen molar-refractivity contribution in [2.45, 2.75) is 103 Å². The number of unbranched alkanes of at least 4 members (excludes halogenated alkanes) is 4. The predicted molar refractivity (Wildman–Crippen MR) is 176 cm³/mol. The van der Waals surface area contributed by atoms with Gasteiger partial charge in [-0.25, -0.2) is 0 Å². The first-order chi connectivity index (χ1) is 25.1. The normalized spacial score (nSPS) is 10.4. The molecular weight excluding hydrogens is 696 g/mol. The lowest BCUT2D eigenvalue weighted by atomic mass is 10.3. The molecule has 52 heavy (non-hydrogen) atoms. The Hall–Kier alpha value is -4.32. The molecule has 2 N–H and O–H groups in total. The summed E-state index contributed by atoms with van der Waals surface area (Å²) in [6.07, 6.45) is 2.61. The first-order valence-electron chi connectivity index (χ1n) is 17.5. The number of rotatable bonds is 33. The van der Waals surface area contributed by atoms with E-state index in [9.17, 15) is 38.4 Å². The van der Waals surface area contributed by atoms with Gasteiger partial charge in [-0.2, -0.15) is 0 Å². The molecule has 0 aliphatic heterocycles. The largest absolute Gasteiger partial charge is 0.466 e. The maximum absolute atomic E-state index is 11.8. The molecule has 18 heteroatoms. The maximum atomic E-state index is 11.8. The molecule has 0 atom stereocenters. The topological polar surface area (TPSA) is 251 Å². The van der Waals surface area contributed by atoms with Crippen LogP contribution in [-0.2, 0) is 76.3 Å². The lowest BCUT2D eigenvalue weighted by Crippen LogP contribution is -2.13. The van der Waals surface area contributed by atoms with Crippen molar-refractivity contribution in [2.24, 2.45) is 0 Å². The minimum Gasteiger partial charge on any atom is -0.466 e. The molecule has 0 saturated heterocycles. The Kier molecular flexibility index (Phi) is 31.0. The van der Waals surface area contributed by atoms with Gasteiger partial charge in [0.05, 0.1) is 117 Å². The molecule has 18 nitrogen and oxygen atoms in total. The van der Waals surface area contributed by atoms with E-state index in [1.165, 1.54) is 0 Å². The summed E-state index contributed by atoms with van der Waals surface area (Å²) in [7, 11) is 0. The Morgan fingerprint density at radius 2 is 0.385 bits per heavy atom. The van der Waals surface area contributed by atoms with Gasteiger partial charge < -0.3 is 48.1 Å². The summed E-state index contributed by atoms with van der Waals surface area (Å²) in [4.78, 5) is 92.8. The van der Waals surface area contributed by atoms with Crippen LogP contribution in [0.25, 0.3) is 0 Å². The molecule has 0 aromatic carbocycles. The Labute approximate surface area is 303 Å². The van der Waals surface area contributed by atoms with E-state index in [1.807, 2.05) is 0 Å². The first-order valence-corrected chi connectivity index (χ1v) is 17.5. The van der Waals surface area contributed by atoms with E-state index in [1.54, 1.807) is 0 Å². The average molecular weight is 751 g/mol. The summed E-state index contributed by atoms with van der Waals surface area (Å²) in [5.41, 5.74) is 0.